The largest absolute Gasteiger partial charge is 0.384 e. The Bertz CT molecular complexity index is 481. The number of nitrogens with one attached hydrogen (secondary N) is 1. The van der Waals surface area contributed by atoms with Gasteiger partial charge in [0.2, 0.25) is 5.91 Å². The molecule has 0 aliphatic carbocycles. The van der Waals surface area contributed by atoms with E-state index in [1.807, 2.05) is 17.0 Å². The predicted molar refractivity (Wildman–Crippen MR) is 78.7 cm³/mol. The third-order valence-electron chi connectivity index (χ3n) is 4.46. The molecular formula is C16H22N2O2. The van der Waals surface area contributed by atoms with Crippen LogP contribution in [0.2, 0.25) is 0 Å². The van der Waals surface area contributed by atoms with Crippen molar-refractivity contribution >= 4 is 11.6 Å². The van der Waals surface area contributed by atoms with Crippen LogP contribution in [0.5, 0.6) is 0 Å². The van der Waals surface area contributed by atoms with Crippen LogP contribution in [-0.2, 0) is 16.0 Å². The van der Waals surface area contributed by atoms with E-state index in [4.69, 9.17) is 4.74 Å². The van der Waals surface area contributed by atoms with Crippen molar-refractivity contribution < 1.29 is 9.53 Å². The average Bonchev–Trinajstić information content (AvgIpc) is 2.54. The molecule has 1 aromatic carbocycles. The molecule has 108 valence electrons. The highest BCUT2D eigenvalue weighted by Gasteiger charge is 2.30. The summed E-state index contributed by atoms with van der Waals surface area (Å²) in [4.78, 5) is 14.6. The SMILES string of the molecule is COC1CCN(C(=O)C2CNc3ccccc3C2)CC1. The molecular weight excluding hydrogens is 252 g/mol. The number of rotatable bonds is 2. The Morgan fingerprint density at radius 2 is 2.05 bits per heavy atom. The number of ether oxygens (including phenoxy) is 1. The Balaban J connectivity index is 1.62. The molecule has 0 aromatic heterocycles. The van der Waals surface area contributed by atoms with Gasteiger partial charge in [0.05, 0.1) is 12.0 Å². The van der Waals surface area contributed by atoms with Gasteiger partial charge in [0.15, 0.2) is 0 Å². The van der Waals surface area contributed by atoms with Gasteiger partial charge < -0.3 is 15.0 Å². The van der Waals surface area contributed by atoms with Gasteiger partial charge in [-0.2, -0.15) is 0 Å². The zero-order valence-corrected chi connectivity index (χ0v) is 12.0. The molecule has 2 aliphatic rings. The van der Waals surface area contributed by atoms with Crippen molar-refractivity contribution in [1.82, 2.24) is 4.90 Å². The lowest BCUT2D eigenvalue weighted by Crippen LogP contribution is -2.46. The molecule has 2 heterocycles. The van der Waals surface area contributed by atoms with E-state index in [1.165, 1.54) is 11.3 Å². The Hall–Kier alpha value is -1.55. The highest BCUT2D eigenvalue weighted by molar-refractivity contribution is 5.81. The van der Waals surface area contributed by atoms with Crippen LogP contribution in [-0.4, -0.2) is 43.7 Å². The van der Waals surface area contributed by atoms with Crippen molar-refractivity contribution in [3.63, 3.8) is 0 Å². The molecule has 4 heteroatoms. The lowest BCUT2D eigenvalue weighted by Gasteiger charge is -2.35. The van der Waals surface area contributed by atoms with Crippen LogP contribution >= 0.6 is 0 Å². The number of piperidine rings is 1. The van der Waals surface area contributed by atoms with E-state index in [0.717, 1.165) is 38.9 Å². The van der Waals surface area contributed by atoms with E-state index in [2.05, 4.69) is 17.4 Å². The number of carbonyl (C=O) groups is 1. The summed E-state index contributed by atoms with van der Waals surface area (Å²) >= 11 is 0. The van der Waals surface area contributed by atoms with Gasteiger partial charge in [-0.3, -0.25) is 4.79 Å². The summed E-state index contributed by atoms with van der Waals surface area (Å²) in [7, 11) is 1.75. The van der Waals surface area contributed by atoms with Gasteiger partial charge in [0.25, 0.3) is 0 Å². The summed E-state index contributed by atoms with van der Waals surface area (Å²) in [5, 5.41) is 3.38. The minimum absolute atomic E-state index is 0.0731. The van der Waals surface area contributed by atoms with Gasteiger partial charge in [0.1, 0.15) is 0 Å². The topological polar surface area (TPSA) is 41.6 Å². The van der Waals surface area contributed by atoms with Gasteiger partial charge in [-0.1, -0.05) is 18.2 Å². The number of anilines is 1. The van der Waals surface area contributed by atoms with Crippen LogP contribution in [0.25, 0.3) is 0 Å². The second kappa shape index (κ2) is 5.83. The van der Waals surface area contributed by atoms with Crippen molar-refractivity contribution in [2.75, 3.05) is 32.1 Å². The molecule has 1 saturated heterocycles. The summed E-state index contributed by atoms with van der Waals surface area (Å²) in [5.74, 6) is 0.366. The number of carbonyl (C=O) groups excluding carboxylic acids is 1. The maximum absolute atomic E-state index is 12.6. The minimum Gasteiger partial charge on any atom is -0.384 e. The van der Waals surface area contributed by atoms with Crippen molar-refractivity contribution in [2.24, 2.45) is 5.92 Å². The number of para-hydroxylation sites is 1. The normalized spacial score (nSPS) is 23.1. The first-order chi connectivity index (χ1) is 9.78. The van der Waals surface area contributed by atoms with Crippen LogP contribution < -0.4 is 5.32 Å². The number of hydrogen-bond acceptors (Lipinski definition) is 3. The van der Waals surface area contributed by atoms with E-state index < -0.39 is 0 Å². The van der Waals surface area contributed by atoms with Crippen LogP contribution in [0.15, 0.2) is 24.3 Å². The number of likely N-dealkylation sites (tertiary alicyclic amines) is 1. The van der Waals surface area contributed by atoms with E-state index in [-0.39, 0.29) is 5.92 Å². The average molecular weight is 274 g/mol. The second-order valence-corrected chi connectivity index (χ2v) is 5.70. The zero-order chi connectivity index (χ0) is 13.9. The van der Waals surface area contributed by atoms with E-state index in [0.29, 0.717) is 12.0 Å². The lowest BCUT2D eigenvalue weighted by molar-refractivity contribution is -0.137. The number of amides is 1. The van der Waals surface area contributed by atoms with Crippen molar-refractivity contribution in [3.05, 3.63) is 29.8 Å². The molecule has 2 aliphatic heterocycles. The van der Waals surface area contributed by atoms with Gasteiger partial charge >= 0.3 is 0 Å². The van der Waals surface area contributed by atoms with Crippen molar-refractivity contribution in [3.8, 4) is 0 Å². The van der Waals surface area contributed by atoms with Crippen LogP contribution in [0.3, 0.4) is 0 Å². The Morgan fingerprint density at radius 3 is 2.80 bits per heavy atom. The zero-order valence-electron chi connectivity index (χ0n) is 12.0. The number of benzene rings is 1. The molecule has 0 radical (unpaired) electrons. The summed E-state index contributed by atoms with van der Waals surface area (Å²) < 4.78 is 5.36. The van der Waals surface area contributed by atoms with Gasteiger partial charge in [-0.15, -0.1) is 0 Å². The third kappa shape index (κ3) is 2.66. The fourth-order valence-corrected chi connectivity index (χ4v) is 3.19. The highest BCUT2D eigenvalue weighted by Crippen LogP contribution is 2.26. The molecule has 1 N–H and O–H groups in total. The van der Waals surface area contributed by atoms with E-state index in [9.17, 15) is 4.79 Å². The Labute approximate surface area is 120 Å². The minimum atomic E-state index is 0.0731. The quantitative estimate of drug-likeness (QED) is 0.895. The molecule has 1 aromatic rings. The van der Waals surface area contributed by atoms with Gasteiger partial charge in [-0.25, -0.2) is 0 Å². The molecule has 1 atom stereocenters. The molecule has 4 nitrogen and oxygen atoms in total. The predicted octanol–water partition coefficient (Wildman–Crippen LogP) is 1.91. The molecule has 1 fully saturated rings. The number of fused-ring (bicyclic) bond motifs is 1. The maximum Gasteiger partial charge on any atom is 0.227 e. The number of hydrogen-bond donors (Lipinski definition) is 1. The Morgan fingerprint density at radius 1 is 1.30 bits per heavy atom. The molecule has 0 saturated carbocycles. The smallest absolute Gasteiger partial charge is 0.227 e. The van der Waals surface area contributed by atoms with Gasteiger partial charge in [-0.05, 0) is 30.9 Å². The summed E-state index contributed by atoms with van der Waals surface area (Å²) in [6.07, 6.45) is 3.09. The fourth-order valence-electron chi connectivity index (χ4n) is 3.19. The molecule has 0 bridgehead atoms. The monoisotopic (exact) mass is 274 g/mol. The molecule has 1 unspecified atom stereocenters. The van der Waals surface area contributed by atoms with Crippen LogP contribution in [0, 0.1) is 5.92 Å². The summed E-state index contributed by atoms with van der Waals surface area (Å²) in [6.45, 7) is 2.41. The first kappa shape index (κ1) is 13.4. The van der Waals surface area contributed by atoms with E-state index in [1.54, 1.807) is 7.11 Å². The Kier molecular flexibility index (Phi) is 3.92. The third-order valence-corrected chi connectivity index (χ3v) is 4.46. The van der Waals surface area contributed by atoms with Gasteiger partial charge in [0, 0.05) is 32.4 Å². The maximum atomic E-state index is 12.6. The number of nitrogens with zero attached hydrogens (tertiary/aromatic N) is 1. The first-order valence-electron chi connectivity index (χ1n) is 7.41. The molecule has 1 amide bonds. The van der Waals surface area contributed by atoms with Crippen molar-refractivity contribution in [1.29, 1.82) is 0 Å². The molecule has 0 spiro atoms. The fraction of sp³-hybridized carbons (Fsp3) is 0.562. The second-order valence-electron chi connectivity index (χ2n) is 5.70. The number of methoxy groups -OCH3 is 1. The van der Waals surface area contributed by atoms with E-state index >= 15 is 0 Å². The lowest BCUT2D eigenvalue weighted by atomic mass is 9.92. The molecule has 20 heavy (non-hydrogen) atoms. The molecule has 3 rings (SSSR count). The highest BCUT2D eigenvalue weighted by atomic mass is 16.5. The standard InChI is InChI=1S/C16H22N2O2/c1-20-14-6-8-18(9-7-14)16(19)13-10-12-4-2-3-5-15(12)17-11-13/h2-5,13-14,17H,6-11H2,1H3. The summed E-state index contributed by atoms with van der Waals surface area (Å²) in [5.41, 5.74) is 2.43. The van der Waals surface area contributed by atoms with Crippen LogP contribution in [0.1, 0.15) is 18.4 Å². The first-order valence-corrected chi connectivity index (χ1v) is 7.41. The van der Waals surface area contributed by atoms with Crippen LogP contribution in [0.4, 0.5) is 5.69 Å². The summed E-state index contributed by atoms with van der Waals surface area (Å²) in [6, 6.07) is 8.26. The van der Waals surface area contributed by atoms with Crippen molar-refractivity contribution in [2.45, 2.75) is 25.4 Å².